The zero-order chi connectivity index (χ0) is 15.0. The smallest absolute Gasteiger partial charge is 0.152 e. The normalized spacial score (nSPS) is 18.6. The molecule has 0 aliphatic carbocycles. The van der Waals surface area contributed by atoms with E-state index in [1.54, 1.807) is 0 Å². The van der Waals surface area contributed by atoms with Crippen molar-refractivity contribution in [2.75, 3.05) is 35.2 Å². The standard InChI is InChI=1S/C15H19N3O2S/c1-11-9-15(13-10-12(16)3-4-14(13)17-11)18-5-2-7-21(19,20)8-6-18/h3-4,9-10H,2,5-8,16H2,1H3. The highest BCUT2D eigenvalue weighted by atomic mass is 32.2. The molecule has 0 unspecified atom stereocenters. The quantitative estimate of drug-likeness (QED) is 0.812. The van der Waals surface area contributed by atoms with Gasteiger partial charge in [-0.2, -0.15) is 0 Å². The Morgan fingerprint density at radius 1 is 1.19 bits per heavy atom. The molecule has 0 radical (unpaired) electrons. The molecular formula is C15H19N3O2S. The summed E-state index contributed by atoms with van der Waals surface area (Å²) in [5, 5.41) is 0.986. The Morgan fingerprint density at radius 3 is 2.81 bits per heavy atom. The zero-order valence-corrected chi connectivity index (χ0v) is 12.9. The predicted octanol–water partition coefficient (Wildman–Crippen LogP) is 1.75. The van der Waals surface area contributed by atoms with Gasteiger partial charge in [-0.15, -0.1) is 0 Å². The number of benzene rings is 1. The van der Waals surface area contributed by atoms with Gasteiger partial charge in [0.1, 0.15) is 0 Å². The van der Waals surface area contributed by atoms with Crippen molar-refractivity contribution in [3.63, 3.8) is 0 Å². The summed E-state index contributed by atoms with van der Waals surface area (Å²) in [5.41, 5.74) is 9.43. The SMILES string of the molecule is Cc1cc(N2CCCS(=O)(=O)CC2)c2cc(N)ccc2n1. The number of sulfone groups is 1. The minimum absolute atomic E-state index is 0.207. The molecule has 6 heteroatoms. The minimum atomic E-state index is -2.91. The van der Waals surface area contributed by atoms with E-state index < -0.39 is 9.84 Å². The number of anilines is 2. The molecule has 1 saturated heterocycles. The van der Waals surface area contributed by atoms with Crippen molar-refractivity contribution in [3.8, 4) is 0 Å². The third-order valence-corrected chi connectivity index (χ3v) is 5.55. The topological polar surface area (TPSA) is 76.3 Å². The van der Waals surface area contributed by atoms with Gasteiger partial charge in [0.2, 0.25) is 0 Å². The summed E-state index contributed by atoms with van der Waals surface area (Å²) in [6, 6.07) is 7.68. The average molecular weight is 305 g/mol. The van der Waals surface area contributed by atoms with Crippen molar-refractivity contribution in [1.29, 1.82) is 0 Å². The van der Waals surface area contributed by atoms with Crippen molar-refractivity contribution in [3.05, 3.63) is 30.0 Å². The molecule has 2 N–H and O–H groups in total. The van der Waals surface area contributed by atoms with Gasteiger partial charge in [-0.25, -0.2) is 8.42 Å². The molecule has 0 bridgehead atoms. The maximum Gasteiger partial charge on any atom is 0.152 e. The lowest BCUT2D eigenvalue weighted by atomic mass is 10.1. The van der Waals surface area contributed by atoms with Gasteiger partial charge in [0.25, 0.3) is 0 Å². The Bertz CT molecular complexity index is 787. The highest BCUT2D eigenvalue weighted by molar-refractivity contribution is 7.91. The largest absolute Gasteiger partial charge is 0.399 e. The summed E-state index contributed by atoms with van der Waals surface area (Å²) in [7, 11) is -2.91. The molecule has 2 heterocycles. The second-order valence-corrected chi connectivity index (χ2v) is 7.86. The molecule has 1 fully saturated rings. The fourth-order valence-corrected chi connectivity index (χ4v) is 4.07. The molecule has 5 nitrogen and oxygen atoms in total. The summed E-state index contributed by atoms with van der Waals surface area (Å²) in [5.74, 6) is 0.478. The van der Waals surface area contributed by atoms with Crippen LogP contribution >= 0.6 is 0 Å². The zero-order valence-electron chi connectivity index (χ0n) is 12.0. The van der Waals surface area contributed by atoms with Gasteiger partial charge in [0.05, 0.1) is 17.0 Å². The Labute approximate surface area is 124 Å². The fraction of sp³-hybridized carbons (Fsp3) is 0.400. The number of aromatic nitrogens is 1. The monoisotopic (exact) mass is 305 g/mol. The molecule has 2 aromatic rings. The number of hydrogen-bond donors (Lipinski definition) is 1. The first-order chi connectivity index (χ1) is 9.94. The van der Waals surface area contributed by atoms with Crippen molar-refractivity contribution in [2.45, 2.75) is 13.3 Å². The molecule has 0 saturated carbocycles. The molecule has 0 atom stereocenters. The molecule has 1 aliphatic rings. The molecule has 1 aromatic carbocycles. The summed E-state index contributed by atoms with van der Waals surface area (Å²) in [4.78, 5) is 6.66. The van der Waals surface area contributed by atoms with Gasteiger partial charge < -0.3 is 10.6 Å². The second kappa shape index (κ2) is 5.18. The van der Waals surface area contributed by atoms with Gasteiger partial charge in [-0.3, -0.25) is 4.98 Å². The van der Waals surface area contributed by atoms with Crippen LogP contribution in [0.4, 0.5) is 11.4 Å². The van der Waals surface area contributed by atoms with E-state index >= 15 is 0 Å². The Kier molecular flexibility index (Phi) is 3.49. The number of nitrogens with zero attached hydrogens (tertiary/aromatic N) is 2. The van der Waals surface area contributed by atoms with E-state index in [0.717, 1.165) is 28.8 Å². The van der Waals surface area contributed by atoms with Crippen LogP contribution in [0, 0.1) is 6.92 Å². The Balaban J connectivity index is 2.08. The highest BCUT2D eigenvalue weighted by Gasteiger charge is 2.21. The van der Waals surface area contributed by atoms with Crippen LogP contribution in [0.2, 0.25) is 0 Å². The Morgan fingerprint density at radius 2 is 2.00 bits per heavy atom. The highest BCUT2D eigenvalue weighted by Crippen LogP contribution is 2.29. The van der Waals surface area contributed by atoms with Crippen LogP contribution in [0.5, 0.6) is 0 Å². The van der Waals surface area contributed by atoms with E-state index in [9.17, 15) is 8.42 Å². The molecule has 112 valence electrons. The van der Waals surface area contributed by atoms with E-state index in [0.29, 0.717) is 18.7 Å². The first-order valence-corrected chi connectivity index (χ1v) is 8.89. The number of rotatable bonds is 1. The van der Waals surface area contributed by atoms with Crippen LogP contribution < -0.4 is 10.6 Å². The summed E-state index contributed by atoms with van der Waals surface area (Å²) >= 11 is 0. The first-order valence-electron chi connectivity index (χ1n) is 7.07. The van der Waals surface area contributed by atoms with Gasteiger partial charge >= 0.3 is 0 Å². The second-order valence-electron chi connectivity index (χ2n) is 5.55. The molecule has 3 rings (SSSR count). The number of fused-ring (bicyclic) bond motifs is 1. The molecule has 0 spiro atoms. The fourth-order valence-electron chi connectivity index (χ4n) is 2.80. The molecule has 0 amide bonds. The van der Waals surface area contributed by atoms with Crippen LogP contribution in [-0.2, 0) is 9.84 Å². The van der Waals surface area contributed by atoms with E-state index in [1.807, 2.05) is 31.2 Å². The third kappa shape index (κ3) is 2.95. The minimum Gasteiger partial charge on any atom is -0.399 e. The average Bonchev–Trinajstić information content (AvgIpc) is 2.59. The van der Waals surface area contributed by atoms with E-state index in [1.165, 1.54) is 0 Å². The number of nitrogen functional groups attached to an aromatic ring is 1. The number of nitrogens with two attached hydrogens (primary N) is 1. The summed E-state index contributed by atoms with van der Waals surface area (Å²) in [6.07, 6.45) is 0.660. The van der Waals surface area contributed by atoms with E-state index in [4.69, 9.17) is 5.73 Å². The summed E-state index contributed by atoms with van der Waals surface area (Å²) in [6.45, 7) is 3.22. The van der Waals surface area contributed by atoms with Crippen molar-refractivity contribution in [2.24, 2.45) is 0 Å². The van der Waals surface area contributed by atoms with Crippen LogP contribution in [0.25, 0.3) is 10.9 Å². The maximum absolute atomic E-state index is 11.8. The van der Waals surface area contributed by atoms with Crippen LogP contribution in [0.1, 0.15) is 12.1 Å². The van der Waals surface area contributed by atoms with E-state index in [-0.39, 0.29) is 11.5 Å². The lowest BCUT2D eigenvalue weighted by Gasteiger charge is -2.24. The molecule has 1 aliphatic heterocycles. The van der Waals surface area contributed by atoms with Gasteiger partial charge in [-0.05, 0) is 37.6 Å². The van der Waals surface area contributed by atoms with Gasteiger partial charge in [0, 0.05) is 35.5 Å². The van der Waals surface area contributed by atoms with Crippen molar-refractivity contribution in [1.82, 2.24) is 4.98 Å². The summed E-state index contributed by atoms with van der Waals surface area (Å²) < 4.78 is 23.5. The molecular weight excluding hydrogens is 286 g/mol. The number of hydrogen-bond acceptors (Lipinski definition) is 5. The number of pyridine rings is 1. The van der Waals surface area contributed by atoms with Crippen molar-refractivity contribution >= 4 is 32.1 Å². The van der Waals surface area contributed by atoms with Gasteiger partial charge in [0.15, 0.2) is 9.84 Å². The molecule has 21 heavy (non-hydrogen) atoms. The Hall–Kier alpha value is -1.82. The van der Waals surface area contributed by atoms with Crippen LogP contribution in [0.3, 0.4) is 0 Å². The van der Waals surface area contributed by atoms with Gasteiger partial charge in [-0.1, -0.05) is 0 Å². The van der Waals surface area contributed by atoms with Crippen LogP contribution in [0.15, 0.2) is 24.3 Å². The molecule has 1 aromatic heterocycles. The first kappa shape index (κ1) is 14.1. The van der Waals surface area contributed by atoms with Crippen molar-refractivity contribution < 1.29 is 8.42 Å². The third-order valence-electron chi connectivity index (χ3n) is 3.84. The number of aryl methyl sites for hydroxylation is 1. The lowest BCUT2D eigenvalue weighted by Crippen LogP contribution is -2.27. The lowest BCUT2D eigenvalue weighted by molar-refractivity contribution is 0.597. The van der Waals surface area contributed by atoms with Crippen LogP contribution in [-0.4, -0.2) is 38.0 Å². The maximum atomic E-state index is 11.8. The van der Waals surface area contributed by atoms with E-state index in [2.05, 4.69) is 9.88 Å². The predicted molar refractivity (Wildman–Crippen MR) is 86.4 cm³/mol.